The lowest BCUT2D eigenvalue weighted by atomic mass is 10.1. The number of phenols is 2. The molecule has 0 saturated heterocycles. The fourth-order valence-corrected chi connectivity index (χ4v) is 1.86. The van der Waals surface area contributed by atoms with E-state index in [0.717, 1.165) is 11.1 Å². The molecule has 0 bridgehead atoms. The number of hydrogen-bond acceptors (Lipinski definition) is 3. The van der Waals surface area contributed by atoms with Gasteiger partial charge in [0.05, 0.1) is 0 Å². The summed E-state index contributed by atoms with van der Waals surface area (Å²) in [7, 11) is 0. The molecule has 0 fully saturated rings. The first-order chi connectivity index (χ1) is 9.54. The number of aromatic hydroxyl groups is 2. The van der Waals surface area contributed by atoms with E-state index < -0.39 is 6.03 Å². The Labute approximate surface area is 116 Å². The average molecular weight is 272 g/mol. The molecule has 2 rings (SSSR count). The lowest BCUT2D eigenvalue weighted by Crippen LogP contribution is -2.34. The molecule has 0 aliphatic heterocycles. The third kappa shape index (κ3) is 3.65. The topological polar surface area (TPSA) is 86.8 Å². The number of primary amides is 1. The minimum absolute atomic E-state index is 0.179. The number of amides is 2. The van der Waals surface area contributed by atoms with Crippen molar-refractivity contribution in [2.24, 2.45) is 5.73 Å². The van der Waals surface area contributed by atoms with Crippen LogP contribution in [0.15, 0.2) is 48.5 Å². The largest absolute Gasteiger partial charge is 0.508 e. The van der Waals surface area contributed by atoms with Crippen molar-refractivity contribution in [3.63, 3.8) is 0 Å². The van der Waals surface area contributed by atoms with E-state index in [-0.39, 0.29) is 11.5 Å². The molecule has 0 atom stereocenters. The van der Waals surface area contributed by atoms with E-state index in [9.17, 15) is 15.0 Å². The quantitative estimate of drug-likeness (QED) is 0.797. The van der Waals surface area contributed by atoms with Gasteiger partial charge in [0.1, 0.15) is 11.5 Å². The first-order valence-electron chi connectivity index (χ1n) is 6.15. The smallest absolute Gasteiger partial charge is 0.315 e. The molecule has 5 nitrogen and oxygen atoms in total. The maximum Gasteiger partial charge on any atom is 0.315 e. The molecule has 0 aliphatic carbocycles. The summed E-state index contributed by atoms with van der Waals surface area (Å²) in [4.78, 5) is 13.0. The molecule has 2 aromatic rings. The lowest BCUT2D eigenvalue weighted by Gasteiger charge is -2.20. The predicted molar refractivity (Wildman–Crippen MR) is 75.0 cm³/mol. The fourth-order valence-electron chi connectivity index (χ4n) is 1.86. The summed E-state index contributed by atoms with van der Waals surface area (Å²) in [5.41, 5.74) is 7.13. The molecular formula is C15H16N2O3. The van der Waals surface area contributed by atoms with Gasteiger partial charge in [0.15, 0.2) is 0 Å². The van der Waals surface area contributed by atoms with Gasteiger partial charge in [-0.15, -0.1) is 0 Å². The number of carbonyl (C=O) groups excluding carboxylic acids is 1. The van der Waals surface area contributed by atoms with Gasteiger partial charge < -0.3 is 20.8 Å². The molecule has 0 aromatic heterocycles. The molecule has 0 heterocycles. The highest BCUT2D eigenvalue weighted by Gasteiger charge is 2.11. The van der Waals surface area contributed by atoms with Gasteiger partial charge in [-0.3, -0.25) is 0 Å². The van der Waals surface area contributed by atoms with Crippen LogP contribution in [0.25, 0.3) is 0 Å². The van der Waals surface area contributed by atoms with Gasteiger partial charge in [-0.25, -0.2) is 4.79 Å². The molecule has 5 heteroatoms. The second kappa shape index (κ2) is 5.97. The minimum atomic E-state index is -0.522. The number of hydrogen-bond donors (Lipinski definition) is 3. The van der Waals surface area contributed by atoms with Crippen LogP contribution in [-0.2, 0) is 13.1 Å². The van der Waals surface area contributed by atoms with E-state index >= 15 is 0 Å². The number of phenolic OH excluding ortho intramolecular Hbond substituents is 2. The second-order valence-corrected chi connectivity index (χ2v) is 4.53. The van der Waals surface area contributed by atoms with Crippen LogP contribution in [-0.4, -0.2) is 21.1 Å². The molecule has 4 N–H and O–H groups in total. The molecule has 2 amide bonds. The Balaban J connectivity index is 2.09. The van der Waals surface area contributed by atoms with Gasteiger partial charge in [0.25, 0.3) is 0 Å². The van der Waals surface area contributed by atoms with Crippen molar-refractivity contribution in [2.75, 3.05) is 0 Å². The number of nitrogens with two attached hydrogens (primary N) is 1. The fraction of sp³-hybridized carbons (Fsp3) is 0.133. The summed E-state index contributed by atoms with van der Waals surface area (Å²) < 4.78 is 0. The van der Waals surface area contributed by atoms with Crippen LogP contribution in [0.5, 0.6) is 11.5 Å². The van der Waals surface area contributed by atoms with Crippen molar-refractivity contribution >= 4 is 6.03 Å². The second-order valence-electron chi connectivity index (χ2n) is 4.53. The monoisotopic (exact) mass is 272 g/mol. The van der Waals surface area contributed by atoms with E-state index in [1.54, 1.807) is 48.5 Å². The van der Waals surface area contributed by atoms with Gasteiger partial charge in [0, 0.05) is 13.1 Å². The van der Waals surface area contributed by atoms with Crippen LogP contribution in [0.2, 0.25) is 0 Å². The molecule has 20 heavy (non-hydrogen) atoms. The molecule has 2 aromatic carbocycles. The van der Waals surface area contributed by atoms with E-state index in [0.29, 0.717) is 13.1 Å². The first-order valence-corrected chi connectivity index (χ1v) is 6.15. The van der Waals surface area contributed by atoms with E-state index in [2.05, 4.69) is 0 Å². The molecule has 0 aliphatic rings. The molecule has 104 valence electrons. The average Bonchev–Trinajstić information content (AvgIpc) is 2.42. The predicted octanol–water partition coefficient (Wildman–Crippen LogP) is 2.18. The summed E-state index contributed by atoms with van der Waals surface area (Å²) in [6, 6.07) is 12.7. The summed E-state index contributed by atoms with van der Waals surface area (Å²) in [5, 5.41) is 18.5. The number of carbonyl (C=O) groups is 1. The molecule has 0 saturated carbocycles. The van der Waals surface area contributed by atoms with Gasteiger partial charge in [-0.2, -0.15) is 0 Å². The van der Waals surface area contributed by atoms with Crippen molar-refractivity contribution in [3.05, 3.63) is 59.7 Å². The zero-order valence-electron chi connectivity index (χ0n) is 10.9. The Morgan fingerprint density at radius 1 is 0.850 bits per heavy atom. The van der Waals surface area contributed by atoms with Crippen molar-refractivity contribution in [2.45, 2.75) is 13.1 Å². The third-order valence-corrected chi connectivity index (χ3v) is 2.93. The lowest BCUT2D eigenvalue weighted by molar-refractivity contribution is 0.202. The van der Waals surface area contributed by atoms with Crippen molar-refractivity contribution in [3.8, 4) is 11.5 Å². The highest BCUT2D eigenvalue weighted by atomic mass is 16.3. The molecule has 0 unspecified atom stereocenters. The Kier molecular flexibility index (Phi) is 4.10. The van der Waals surface area contributed by atoms with Gasteiger partial charge in [-0.1, -0.05) is 24.3 Å². The van der Waals surface area contributed by atoms with Crippen LogP contribution >= 0.6 is 0 Å². The number of urea groups is 1. The van der Waals surface area contributed by atoms with Gasteiger partial charge in [-0.05, 0) is 35.4 Å². The van der Waals surface area contributed by atoms with Crippen molar-refractivity contribution in [1.29, 1.82) is 0 Å². The normalized spacial score (nSPS) is 10.2. The van der Waals surface area contributed by atoms with Crippen molar-refractivity contribution < 1.29 is 15.0 Å². The Hall–Kier alpha value is -2.69. The molecule has 0 spiro atoms. The standard InChI is InChI=1S/C15H16N2O3/c16-15(20)17(9-11-1-5-13(18)6-2-11)10-12-3-7-14(19)8-4-12/h1-8,18-19H,9-10H2,(H2,16,20). The third-order valence-electron chi connectivity index (χ3n) is 2.93. The van der Waals surface area contributed by atoms with E-state index in [1.165, 1.54) is 4.90 Å². The summed E-state index contributed by atoms with van der Waals surface area (Å²) in [5.74, 6) is 0.357. The van der Waals surface area contributed by atoms with Crippen LogP contribution in [0.1, 0.15) is 11.1 Å². The highest BCUT2D eigenvalue weighted by Crippen LogP contribution is 2.15. The Morgan fingerprint density at radius 3 is 1.50 bits per heavy atom. The Bertz CT molecular complexity index is 532. The number of nitrogens with zero attached hydrogens (tertiary/aromatic N) is 1. The maximum absolute atomic E-state index is 11.5. The Morgan fingerprint density at radius 2 is 1.20 bits per heavy atom. The molecule has 0 radical (unpaired) electrons. The molecular weight excluding hydrogens is 256 g/mol. The van der Waals surface area contributed by atoms with E-state index in [4.69, 9.17) is 5.73 Å². The number of rotatable bonds is 4. The summed E-state index contributed by atoms with van der Waals surface area (Å²) in [6.45, 7) is 0.715. The van der Waals surface area contributed by atoms with Crippen LogP contribution in [0.3, 0.4) is 0 Å². The van der Waals surface area contributed by atoms with Crippen LogP contribution < -0.4 is 5.73 Å². The van der Waals surface area contributed by atoms with E-state index in [1.807, 2.05) is 0 Å². The van der Waals surface area contributed by atoms with Gasteiger partial charge >= 0.3 is 6.03 Å². The first kappa shape index (κ1) is 13.7. The highest BCUT2D eigenvalue weighted by molar-refractivity contribution is 5.72. The van der Waals surface area contributed by atoms with Crippen LogP contribution in [0.4, 0.5) is 4.79 Å². The van der Waals surface area contributed by atoms with Crippen molar-refractivity contribution in [1.82, 2.24) is 4.90 Å². The zero-order chi connectivity index (χ0) is 14.5. The SMILES string of the molecule is NC(=O)N(Cc1ccc(O)cc1)Cc1ccc(O)cc1. The minimum Gasteiger partial charge on any atom is -0.508 e. The van der Waals surface area contributed by atoms with Crippen LogP contribution in [0, 0.1) is 0 Å². The zero-order valence-corrected chi connectivity index (χ0v) is 10.9. The summed E-state index contributed by atoms with van der Waals surface area (Å²) in [6.07, 6.45) is 0. The number of benzene rings is 2. The summed E-state index contributed by atoms with van der Waals surface area (Å²) >= 11 is 0. The van der Waals surface area contributed by atoms with Gasteiger partial charge in [0.2, 0.25) is 0 Å². The maximum atomic E-state index is 11.5.